The molecule has 0 spiro atoms. The number of hydrogen-bond donors (Lipinski definition) is 1. The van der Waals surface area contributed by atoms with Gasteiger partial charge in [-0.05, 0) is 33.2 Å². The van der Waals surface area contributed by atoms with Crippen LogP contribution in [0.25, 0.3) is 11.0 Å². The van der Waals surface area contributed by atoms with E-state index >= 15 is 0 Å². The van der Waals surface area contributed by atoms with E-state index in [0.717, 1.165) is 28.2 Å². The number of nitrogens with zero attached hydrogens (tertiary/aromatic N) is 6. The second-order valence-electron chi connectivity index (χ2n) is 5.74. The van der Waals surface area contributed by atoms with E-state index in [2.05, 4.69) is 30.3 Å². The summed E-state index contributed by atoms with van der Waals surface area (Å²) in [5, 5.41) is 8.82. The van der Waals surface area contributed by atoms with E-state index in [1.807, 2.05) is 52.5 Å². The summed E-state index contributed by atoms with van der Waals surface area (Å²) in [6.45, 7) is 2.67. The molecule has 0 aliphatic heterocycles. The highest BCUT2D eigenvalue weighted by molar-refractivity contribution is 5.89. The molecule has 0 saturated heterocycles. The molecule has 3 rings (SSSR count). The molecular weight excluding hydrogens is 290 g/mol. The topological polar surface area (TPSA) is 71.8 Å². The van der Waals surface area contributed by atoms with Crippen LogP contribution >= 0.6 is 0 Å². The van der Waals surface area contributed by atoms with Crippen LogP contribution < -0.4 is 5.32 Å². The fraction of sp³-hybridized carbons (Fsp3) is 0.375. The second kappa shape index (κ2) is 6.29. The lowest BCUT2D eigenvalue weighted by molar-refractivity contribution is 0.306. The number of hydrogen-bond acceptors (Lipinski definition) is 6. The molecule has 7 nitrogen and oxygen atoms in total. The average Bonchev–Trinajstić information content (AvgIpc) is 2.84. The molecular formula is C16H21N7. The Balaban J connectivity index is 1.87. The maximum absolute atomic E-state index is 4.47. The minimum atomic E-state index is 0.151. The van der Waals surface area contributed by atoms with Crippen molar-refractivity contribution in [3.63, 3.8) is 0 Å². The van der Waals surface area contributed by atoms with Crippen LogP contribution in [0.2, 0.25) is 0 Å². The van der Waals surface area contributed by atoms with E-state index in [1.54, 1.807) is 11.0 Å². The smallest absolute Gasteiger partial charge is 0.163 e. The zero-order chi connectivity index (χ0) is 16.4. The lowest BCUT2D eigenvalue weighted by atomic mass is 10.1. The summed E-state index contributed by atoms with van der Waals surface area (Å²) < 4.78 is 1.78. The SMILES string of the molecule is Cc1nn(C)c2ncnc(NC[C@H](c3ccccn3)N(C)C)c12. The maximum Gasteiger partial charge on any atom is 0.163 e. The molecule has 1 N–H and O–H groups in total. The van der Waals surface area contributed by atoms with Crippen LogP contribution in [-0.4, -0.2) is 50.3 Å². The van der Waals surface area contributed by atoms with Crippen molar-refractivity contribution in [2.24, 2.45) is 7.05 Å². The number of aryl methyl sites for hydroxylation is 2. The van der Waals surface area contributed by atoms with E-state index in [1.165, 1.54) is 0 Å². The monoisotopic (exact) mass is 311 g/mol. The number of rotatable bonds is 5. The van der Waals surface area contributed by atoms with Gasteiger partial charge in [-0.3, -0.25) is 14.6 Å². The summed E-state index contributed by atoms with van der Waals surface area (Å²) in [5.74, 6) is 0.809. The van der Waals surface area contributed by atoms with Gasteiger partial charge in [-0.25, -0.2) is 9.97 Å². The summed E-state index contributed by atoms with van der Waals surface area (Å²) in [6, 6.07) is 6.12. The zero-order valence-corrected chi connectivity index (χ0v) is 13.9. The summed E-state index contributed by atoms with van der Waals surface area (Å²) in [7, 11) is 5.99. The number of anilines is 1. The second-order valence-corrected chi connectivity index (χ2v) is 5.74. The highest BCUT2D eigenvalue weighted by Gasteiger charge is 2.17. The van der Waals surface area contributed by atoms with Crippen LogP contribution in [0.3, 0.4) is 0 Å². The zero-order valence-electron chi connectivity index (χ0n) is 13.9. The number of pyridine rings is 1. The molecule has 0 unspecified atom stereocenters. The van der Waals surface area contributed by atoms with Crippen LogP contribution in [0, 0.1) is 6.92 Å². The fourth-order valence-corrected chi connectivity index (χ4v) is 2.73. The largest absolute Gasteiger partial charge is 0.367 e. The molecule has 0 bridgehead atoms. The van der Waals surface area contributed by atoms with Gasteiger partial charge in [0, 0.05) is 19.8 Å². The third-order valence-electron chi connectivity index (χ3n) is 3.91. The molecule has 0 radical (unpaired) electrons. The minimum Gasteiger partial charge on any atom is -0.367 e. The molecule has 3 aromatic heterocycles. The third kappa shape index (κ3) is 3.00. The Hall–Kier alpha value is -2.54. The molecule has 3 heterocycles. The quantitative estimate of drug-likeness (QED) is 0.774. The van der Waals surface area contributed by atoms with Crippen molar-refractivity contribution in [3.05, 3.63) is 42.1 Å². The Morgan fingerprint density at radius 2 is 2.04 bits per heavy atom. The van der Waals surface area contributed by atoms with Gasteiger partial charge in [-0.1, -0.05) is 6.07 Å². The standard InChI is InChI=1S/C16H21N7/c1-11-14-15(19-10-20-16(14)23(4)21-11)18-9-13(22(2)3)12-7-5-6-8-17-12/h5-8,10,13H,9H2,1-4H3,(H,18,19,20)/t13-/m1/s1. The lowest BCUT2D eigenvalue weighted by Crippen LogP contribution is -2.27. The van der Waals surface area contributed by atoms with Gasteiger partial charge >= 0.3 is 0 Å². The van der Waals surface area contributed by atoms with E-state index in [-0.39, 0.29) is 6.04 Å². The van der Waals surface area contributed by atoms with Crippen molar-refractivity contribution < 1.29 is 0 Å². The Labute approximate surface area is 135 Å². The van der Waals surface area contributed by atoms with Crippen LogP contribution in [0.15, 0.2) is 30.7 Å². The van der Waals surface area contributed by atoms with Gasteiger partial charge in [-0.15, -0.1) is 0 Å². The molecule has 7 heteroatoms. The van der Waals surface area contributed by atoms with Gasteiger partial charge in [0.15, 0.2) is 5.65 Å². The molecule has 0 aliphatic rings. The summed E-state index contributed by atoms with van der Waals surface area (Å²) in [6.07, 6.45) is 3.39. The number of aromatic nitrogens is 5. The highest BCUT2D eigenvalue weighted by atomic mass is 15.3. The highest BCUT2D eigenvalue weighted by Crippen LogP contribution is 2.23. The van der Waals surface area contributed by atoms with Crippen molar-refractivity contribution in [1.82, 2.24) is 29.6 Å². The maximum atomic E-state index is 4.47. The Bertz CT molecular complexity index is 795. The summed E-state index contributed by atoms with van der Waals surface area (Å²) in [5.41, 5.74) is 2.78. The Kier molecular flexibility index (Phi) is 4.20. The molecule has 0 aliphatic carbocycles. The van der Waals surface area contributed by atoms with E-state index in [9.17, 15) is 0 Å². The van der Waals surface area contributed by atoms with Crippen molar-refractivity contribution >= 4 is 16.9 Å². The van der Waals surface area contributed by atoms with Gasteiger partial charge in [-0.2, -0.15) is 5.10 Å². The molecule has 1 atom stereocenters. The predicted molar refractivity (Wildman–Crippen MR) is 90.2 cm³/mol. The fourth-order valence-electron chi connectivity index (χ4n) is 2.73. The molecule has 120 valence electrons. The van der Waals surface area contributed by atoms with Crippen LogP contribution in [0.4, 0.5) is 5.82 Å². The van der Waals surface area contributed by atoms with E-state index in [0.29, 0.717) is 6.54 Å². The molecule has 0 aromatic carbocycles. The number of likely N-dealkylation sites (N-methyl/N-ethyl adjacent to an activating group) is 1. The summed E-state index contributed by atoms with van der Waals surface area (Å²) >= 11 is 0. The predicted octanol–water partition coefficient (Wildman–Crippen LogP) is 1.78. The van der Waals surface area contributed by atoms with Crippen molar-refractivity contribution in [2.75, 3.05) is 26.0 Å². The molecule has 0 saturated carbocycles. The number of fused-ring (bicyclic) bond motifs is 1. The first-order valence-corrected chi connectivity index (χ1v) is 7.53. The first-order valence-electron chi connectivity index (χ1n) is 7.53. The average molecular weight is 311 g/mol. The van der Waals surface area contributed by atoms with Crippen molar-refractivity contribution in [3.8, 4) is 0 Å². The number of nitrogens with one attached hydrogen (secondary N) is 1. The molecule has 23 heavy (non-hydrogen) atoms. The normalized spacial score (nSPS) is 12.7. The molecule has 0 fully saturated rings. The first-order chi connectivity index (χ1) is 11.1. The molecule has 0 amide bonds. The van der Waals surface area contributed by atoms with Gasteiger partial charge in [0.05, 0.1) is 22.8 Å². The van der Waals surface area contributed by atoms with Crippen LogP contribution in [-0.2, 0) is 7.05 Å². The third-order valence-corrected chi connectivity index (χ3v) is 3.91. The van der Waals surface area contributed by atoms with Crippen molar-refractivity contribution in [1.29, 1.82) is 0 Å². The summed E-state index contributed by atoms with van der Waals surface area (Å²) in [4.78, 5) is 15.3. The van der Waals surface area contributed by atoms with E-state index in [4.69, 9.17) is 0 Å². The lowest BCUT2D eigenvalue weighted by Gasteiger charge is -2.24. The van der Waals surface area contributed by atoms with Crippen LogP contribution in [0.1, 0.15) is 17.4 Å². The minimum absolute atomic E-state index is 0.151. The first kappa shape index (κ1) is 15.4. The van der Waals surface area contributed by atoms with Gasteiger partial charge in [0.25, 0.3) is 0 Å². The van der Waals surface area contributed by atoms with E-state index < -0.39 is 0 Å². The van der Waals surface area contributed by atoms with Crippen molar-refractivity contribution in [2.45, 2.75) is 13.0 Å². The van der Waals surface area contributed by atoms with Gasteiger partial charge < -0.3 is 5.32 Å². The Morgan fingerprint density at radius 3 is 2.74 bits per heavy atom. The Morgan fingerprint density at radius 1 is 1.22 bits per heavy atom. The van der Waals surface area contributed by atoms with Gasteiger partial charge in [0.1, 0.15) is 12.1 Å². The van der Waals surface area contributed by atoms with Gasteiger partial charge in [0.2, 0.25) is 0 Å². The van der Waals surface area contributed by atoms with Crippen LogP contribution in [0.5, 0.6) is 0 Å². The molecule has 3 aromatic rings.